The molecule has 1 aliphatic rings. The third-order valence-corrected chi connectivity index (χ3v) is 5.16. The Bertz CT molecular complexity index is 864. The lowest BCUT2D eigenvalue weighted by atomic mass is 10.1. The summed E-state index contributed by atoms with van der Waals surface area (Å²) in [5, 5.41) is 6.28. The second-order valence-electron chi connectivity index (χ2n) is 6.05. The van der Waals surface area contributed by atoms with Crippen LogP contribution in [0.1, 0.15) is 16.7 Å². The number of nitrogens with one attached hydrogen (secondary N) is 2. The average Bonchev–Trinajstić information content (AvgIpc) is 2.96. The number of thioether (sulfide) groups is 1. The van der Waals surface area contributed by atoms with Crippen molar-refractivity contribution < 1.29 is 14.3 Å². The van der Waals surface area contributed by atoms with Crippen molar-refractivity contribution in [3.8, 4) is 11.5 Å². The molecule has 136 valence electrons. The number of methoxy groups -OCH3 is 2. The van der Waals surface area contributed by atoms with E-state index in [1.54, 1.807) is 14.2 Å². The Morgan fingerprint density at radius 1 is 1.12 bits per heavy atom. The van der Waals surface area contributed by atoms with E-state index < -0.39 is 0 Å². The van der Waals surface area contributed by atoms with Crippen LogP contribution in [0.2, 0.25) is 0 Å². The Morgan fingerprint density at radius 3 is 2.62 bits per heavy atom. The zero-order valence-corrected chi connectivity index (χ0v) is 16.1. The summed E-state index contributed by atoms with van der Waals surface area (Å²) in [6, 6.07) is 11.7. The molecule has 2 aromatic rings. The van der Waals surface area contributed by atoms with Gasteiger partial charge in [0.05, 0.1) is 24.8 Å². The SMILES string of the molecule is COc1ccc(/C=C2\SC(Nc3cc(C)ccc3OC)NC2=O)c(C)c1. The van der Waals surface area contributed by atoms with Gasteiger partial charge >= 0.3 is 0 Å². The number of ether oxygens (including phenoxy) is 2. The van der Waals surface area contributed by atoms with Crippen LogP contribution in [0, 0.1) is 13.8 Å². The highest BCUT2D eigenvalue weighted by atomic mass is 32.2. The summed E-state index contributed by atoms with van der Waals surface area (Å²) in [6.07, 6.45) is 1.91. The molecule has 6 heteroatoms. The summed E-state index contributed by atoms with van der Waals surface area (Å²) >= 11 is 1.45. The molecular formula is C20H22N2O3S. The minimum atomic E-state index is -0.247. The molecule has 1 fully saturated rings. The van der Waals surface area contributed by atoms with Gasteiger partial charge in [0.2, 0.25) is 0 Å². The van der Waals surface area contributed by atoms with Crippen molar-refractivity contribution in [3.05, 3.63) is 58.0 Å². The van der Waals surface area contributed by atoms with Crippen molar-refractivity contribution in [2.45, 2.75) is 19.3 Å². The van der Waals surface area contributed by atoms with Crippen LogP contribution >= 0.6 is 11.8 Å². The number of anilines is 1. The minimum Gasteiger partial charge on any atom is -0.497 e. The van der Waals surface area contributed by atoms with E-state index in [0.29, 0.717) is 4.91 Å². The lowest BCUT2D eigenvalue weighted by Crippen LogP contribution is -2.31. The Balaban J connectivity index is 1.78. The minimum absolute atomic E-state index is 0.0886. The van der Waals surface area contributed by atoms with E-state index in [-0.39, 0.29) is 11.4 Å². The molecule has 1 saturated heterocycles. The monoisotopic (exact) mass is 370 g/mol. The van der Waals surface area contributed by atoms with Crippen LogP contribution in [-0.4, -0.2) is 25.6 Å². The lowest BCUT2D eigenvalue weighted by Gasteiger charge is -2.16. The van der Waals surface area contributed by atoms with Crippen LogP contribution in [0.25, 0.3) is 6.08 Å². The maximum atomic E-state index is 12.3. The summed E-state index contributed by atoms with van der Waals surface area (Å²) in [5.41, 5.74) is 3.78. The summed E-state index contributed by atoms with van der Waals surface area (Å²) in [4.78, 5) is 13.0. The van der Waals surface area contributed by atoms with Gasteiger partial charge in [0.15, 0.2) is 5.50 Å². The van der Waals surface area contributed by atoms with Crippen molar-refractivity contribution in [1.82, 2.24) is 5.32 Å². The van der Waals surface area contributed by atoms with E-state index in [0.717, 1.165) is 33.9 Å². The van der Waals surface area contributed by atoms with Gasteiger partial charge in [-0.25, -0.2) is 0 Å². The number of carbonyl (C=O) groups is 1. The maximum Gasteiger partial charge on any atom is 0.260 e. The number of hydrogen-bond donors (Lipinski definition) is 2. The first kappa shape index (κ1) is 18.2. The van der Waals surface area contributed by atoms with Crippen LogP contribution in [-0.2, 0) is 4.79 Å². The van der Waals surface area contributed by atoms with Crippen LogP contribution in [0.4, 0.5) is 5.69 Å². The number of amides is 1. The Labute approximate surface area is 157 Å². The van der Waals surface area contributed by atoms with Crippen molar-refractivity contribution in [2.75, 3.05) is 19.5 Å². The predicted molar refractivity (Wildman–Crippen MR) is 107 cm³/mol. The van der Waals surface area contributed by atoms with Crippen molar-refractivity contribution in [2.24, 2.45) is 0 Å². The van der Waals surface area contributed by atoms with Crippen molar-refractivity contribution in [1.29, 1.82) is 0 Å². The summed E-state index contributed by atoms with van der Waals surface area (Å²) in [5.74, 6) is 1.46. The fourth-order valence-corrected chi connectivity index (χ4v) is 3.69. The molecule has 3 rings (SSSR count). The molecule has 1 amide bonds. The van der Waals surface area contributed by atoms with Gasteiger partial charge in [0, 0.05) is 0 Å². The maximum absolute atomic E-state index is 12.3. The molecule has 26 heavy (non-hydrogen) atoms. The molecule has 0 aromatic heterocycles. The molecule has 1 unspecified atom stereocenters. The molecule has 0 bridgehead atoms. The van der Waals surface area contributed by atoms with E-state index in [2.05, 4.69) is 10.6 Å². The molecule has 0 saturated carbocycles. The zero-order chi connectivity index (χ0) is 18.7. The van der Waals surface area contributed by atoms with Gasteiger partial charge in [-0.15, -0.1) is 0 Å². The Hall–Kier alpha value is -2.60. The highest BCUT2D eigenvalue weighted by Gasteiger charge is 2.28. The van der Waals surface area contributed by atoms with E-state index in [4.69, 9.17) is 9.47 Å². The van der Waals surface area contributed by atoms with Crippen LogP contribution in [0.15, 0.2) is 41.3 Å². The first-order valence-corrected chi connectivity index (χ1v) is 9.13. The third-order valence-electron chi connectivity index (χ3n) is 4.14. The zero-order valence-electron chi connectivity index (χ0n) is 15.3. The fourth-order valence-electron chi connectivity index (χ4n) is 2.72. The molecule has 0 spiro atoms. The molecule has 2 aromatic carbocycles. The van der Waals surface area contributed by atoms with E-state index in [1.807, 2.05) is 56.3 Å². The quantitative estimate of drug-likeness (QED) is 0.781. The first-order chi connectivity index (χ1) is 12.5. The van der Waals surface area contributed by atoms with Crippen molar-refractivity contribution >= 4 is 29.4 Å². The smallest absolute Gasteiger partial charge is 0.260 e. The van der Waals surface area contributed by atoms with Crippen LogP contribution in [0.3, 0.4) is 0 Å². The number of carbonyl (C=O) groups excluding carboxylic acids is 1. The number of hydrogen-bond acceptors (Lipinski definition) is 5. The normalized spacial score (nSPS) is 17.9. The van der Waals surface area contributed by atoms with Crippen LogP contribution in [0.5, 0.6) is 11.5 Å². The lowest BCUT2D eigenvalue weighted by molar-refractivity contribution is -0.116. The number of rotatable bonds is 5. The molecular weight excluding hydrogens is 348 g/mol. The molecule has 0 aliphatic carbocycles. The van der Waals surface area contributed by atoms with Crippen LogP contribution < -0.4 is 20.1 Å². The van der Waals surface area contributed by atoms with E-state index >= 15 is 0 Å². The van der Waals surface area contributed by atoms with E-state index in [1.165, 1.54) is 11.8 Å². The number of aryl methyl sites for hydroxylation is 2. The topological polar surface area (TPSA) is 59.6 Å². The van der Waals surface area contributed by atoms with Gasteiger partial charge in [-0.2, -0.15) is 0 Å². The van der Waals surface area contributed by atoms with Gasteiger partial charge in [-0.05, 0) is 60.9 Å². The number of benzene rings is 2. The van der Waals surface area contributed by atoms with Gasteiger partial charge in [-0.3, -0.25) is 4.79 Å². The highest BCUT2D eigenvalue weighted by molar-refractivity contribution is 8.05. The van der Waals surface area contributed by atoms with Gasteiger partial charge in [-0.1, -0.05) is 23.9 Å². The molecule has 2 N–H and O–H groups in total. The molecule has 1 aliphatic heterocycles. The second kappa shape index (κ2) is 7.74. The third kappa shape index (κ3) is 3.96. The van der Waals surface area contributed by atoms with E-state index in [9.17, 15) is 4.79 Å². The molecule has 1 atom stereocenters. The van der Waals surface area contributed by atoms with Gasteiger partial charge < -0.3 is 20.1 Å². The summed E-state index contributed by atoms with van der Waals surface area (Å²) in [7, 11) is 3.27. The largest absolute Gasteiger partial charge is 0.497 e. The standard InChI is InChI=1S/C20H22N2O3S/c1-12-5-8-17(25-4)16(9-12)21-20-22-19(23)18(26-20)11-14-6-7-15(24-3)10-13(14)2/h5-11,20-21H,1-4H3,(H,22,23)/b18-11-. The van der Waals surface area contributed by atoms with Gasteiger partial charge in [0.25, 0.3) is 5.91 Å². The molecule has 0 radical (unpaired) electrons. The second-order valence-corrected chi connectivity index (χ2v) is 7.20. The highest BCUT2D eigenvalue weighted by Crippen LogP contribution is 2.34. The fraction of sp³-hybridized carbons (Fsp3) is 0.250. The summed E-state index contributed by atoms with van der Waals surface area (Å²) in [6.45, 7) is 4.02. The van der Waals surface area contributed by atoms with Gasteiger partial charge in [0.1, 0.15) is 11.5 Å². The average molecular weight is 370 g/mol. The first-order valence-electron chi connectivity index (χ1n) is 8.25. The molecule has 1 heterocycles. The summed E-state index contributed by atoms with van der Waals surface area (Å²) < 4.78 is 10.6. The Morgan fingerprint density at radius 2 is 1.92 bits per heavy atom. The molecule has 5 nitrogen and oxygen atoms in total. The van der Waals surface area contributed by atoms with Crippen molar-refractivity contribution in [3.63, 3.8) is 0 Å². The Kier molecular flexibility index (Phi) is 5.42. The predicted octanol–water partition coefficient (Wildman–Crippen LogP) is 3.92.